The van der Waals surface area contributed by atoms with Crippen LogP contribution in [0.1, 0.15) is 38.3 Å². The number of amides is 1. The quantitative estimate of drug-likeness (QED) is 0.718. The van der Waals surface area contributed by atoms with Crippen LogP contribution in [0.2, 0.25) is 0 Å². The summed E-state index contributed by atoms with van der Waals surface area (Å²) in [7, 11) is -3.67. The van der Waals surface area contributed by atoms with Crippen LogP contribution in [0.25, 0.3) is 0 Å². The van der Waals surface area contributed by atoms with E-state index in [0.717, 1.165) is 18.4 Å². The molecule has 0 bridgehead atoms. The fourth-order valence-electron chi connectivity index (χ4n) is 2.05. The highest BCUT2D eigenvalue weighted by atomic mass is 32.2. The Kier molecular flexibility index (Phi) is 4.65. The third-order valence-corrected chi connectivity index (χ3v) is 4.45. The number of hydrogen-bond acceptors (Lipinski definition) is 4. The first-order chi connectivity index (χ1) is 9.77. The van der Waals surface area contributed by atoms with Gasteiger partial charge in [-0.2, -0.15) is 0 Å². The van der Waals surface area contributed by atoms with E-state index in [1.165, 1.54) is 12.1 Å². The molecular formula is C14H21N3O3S. The molecule has 1 saturated carbocycles. The maximum Gasteiger partial charge on any atom is 0.238 e. The maximum atomic E-state index is 11.9. The van der Waals surface area contributed by atoms with E-state index in [1.807, 2.05) is 13.8 Å². The van der Waals surface area contributed by atoms with Gasteiger partial charge in [0.15, 0.2) is 0 Å². The van der Waals surface area contributed by atoms with Gasteiger partial charge in [0.2, 0.25) is 15.9 Å². The van der Waals surface area contributed by atoms with Gasteiger partial charge in [-0.1, -0.05) is 12.1 Å². The SMILES string of the molecule is CC(NC(C)c1ccc(S(N)(=O)=O)cc1)C(=O)NC1CC1. The van der Waals surface area contributed by atoms with Gasteiger partial charge in [0.05, 0.1) is 10.9 Å². The van der Waals surface area contributed by atoms with Crippen LogP contribution < -0.4 is 15.8 Å². The van der Waals surface area contributed by atoms with E-state index in [0.29, 0.717) is 6.04 Å². The van der Waals surface area contributed by atoms with Crippen molar-refractivity contribution < 1.29 is 13.2 Å². The number of sulfonamides is 1. The van der Waals surface area contributed by atoms with Crippen molar-refractivity contribution in [1.29, 1.82) is 0 Å². The molecule has 2 rings (SSSR count). The lowest BCUT2D eigenvalue weighted by molar-refractivity contribution is -0.123. The first kappa shape index (κ1) is 15.9. The lowest BCUT2D eigenvalue weighted by Crippen LogP contribution is -2.43. The van der Waals surface area contributed by atoms with E-state index in [2.05, 4.69) is 10.6 Å². The highest BCUT2D eigenvalue weighted by Crippen LogP contribution is 2.19. The molecule has 0 aromatic heterocycles. The van der Waals surface area contributed by atoms with Gasteiger partial charge in [-0.3, -0.25) is 10.1 Å². The Morgan fingerprint density at radius 1 is 1.24 bits per heavy atom. The fourth-order valence-corrected chi connectivity index (χ4v) is 2.56. The summed E-state index contributed by atoms with van der Waals surface area (Å²) in [6, 6.07) is 6.30. The van der Waals surface area contributed by atoms with Gasteiger partial charge in [0.1, 0.15) is 0 Å². The van der Waals surface area contributed by atoms with E-state index in [-0.39, 0.29) is 22.9 Å². The predicted molar refractivity (Wildman–Crippen MR) is 80.0 cm³/mol. The van der Waals surface area contributed by atoms with Crippen LogP contribution in [-0.4, -0.2) is 26.4 Å². The van der Waals surface area contributed by atoms with Crippen LogP contribution in [0.4, 0.5) is 0 Å². The van der Waals surface area contributed by atoms with Crippen molar-refractivity contribution in [2.45, 2.75) is 49.7 Å². The predicted octanol–water partition coefficient (Wildman–Crippen LogP) is 0.652. The molecular weight excluding hydrogens is 290 g/mol. The van der Waals surface area contributed by atoms with Crippen molar-refractivity contribution in [1.82, 2.24) is 10.6 Å². The summed E-state index contributed by atoms with van der Waals surface area (Å²) < 4.78 is 22.4. The number of carbonyl (C=O) groups excluding carboxylic acids is 1. The minimum Gasteiger partial charge on any atom is -0.352 e. The number of nitrogens with one attached hydrogen (secondary N) is 2. The molecule has 2 atom stereocenters. The van der Waals surface area contributed by atoms with Gasteiger partial charge in [-0.25, -0.2) is 13.6 Å². The molecule has 0 spiro atoms. The number of benzene rings is 1. The molecule has 21 heavy (non-hydrogen) atoms. The Morgan fingerprint density at radius 2 is 1.81 bits per heavy atom. The Balaban J connectivity index is 1.95. The van der Waals surface area contributed by atoms with Crippen LogP contribution >= 0.6 is 0 Å². The van der Waals surface area contributed by atoms with E-state index >= 15 is 0 Å². The fraction of sp³-hybridized carbons (Fsp3) is 0.500. The largest absolute Gasteiger partial charge is 0.352 e. The summed E-state index contributed by atoms with van der Waals surface area (Å²) in [5.41, 5.74) is 0.897. The second-order valence-corrected chi connectivity index (χ2v) is 7.07. The zero-order valence-electron chi connectivity index (χ0n) is 12.2. The third-order valence-electron chi connectivity index (χ3n) is 3.53. The Bertz CT molecular complexity index is 609. The van der Waals surface area contributed by atoms with Crippen LogP contribution in [0, 0.1) is 0 Å². The van der Waals surface area contributed by atoms with Crippen LogP contribution in [0.3, 0.4) is 0 Å². The lowest BCUT2D eigenvalue weighted by atomic mass is 10.1. The Morgan fingerprint density at radius 3 is 2.29 bits per heavy atom. The highest BCUT2D eigenvalue weighted by molar-refractivity contribution is 7.89. The topological polar surface area (TPSA) is 101 Å². The zero-order chi connectivity index (χ0) is 15.6. The van der Waals surface area contributed by atoms with E-state index in [9.17, 15) is 13.2 Å². The van der Waals surface area contributed by atoms with Crippen molar-refractivity contribution >= 4 is 15.9 Å². The van der Waals surface area contributed by atoms with Gasteiger partial charge >= 0.3 is 0 Å². The second-order valence-electron chi connectivity index (χ2n) is 5.51. The number of carbonyl (C=O) groups is 1. The molecule has 1 aromatic carbocycles. The van der Waals surface area contributed by atoms with E-state index in [1.54, 1.807) is 12.1 Å². The monoisotopic (exact) mass is 311 g/mol. The molecule has 1 aliphatic rings. The molecule has 1 fully saturated rings. The van der Waals surface area contributed by atoms with E-state index in [4.69, 9.17) is 5.14 Å². The maximum absolute atomic E-state index is 11.9. The molecule has 116 valence electrons. The van der Waals surface area contributed by atoms with Crippen molar-refractivity contribution in [2.75, 3.05) is 0 Å². The van der Waals surface area contributed by atoms with Crippen molar-refractivity contribution in [3.63, 3.8) is 0 Å². The van der Waals surface area contributed by atoms with E-state index < -0.39 is 10.0 Å². The molecule has 4 N–H and O–H groups in total. The summed E-state index contributed by atoms with van der Waals surface area (Å²) in [5, 5.41) is 11.2. The first-order valence-corrected chi connectivity index (χ1v) is 8.51. The van der Waals surface area contributed by atoms with Gasteiger partial charge in [0, 0.05) is 12.1 Å². The number of hydrogen-bond donors (Lipinski definition) is 3. The Hall–Kier alpha value is -1.44. The van der Waals surface area contributed by atoms with Gasteiger partial charge < -0.3 is 5.32 Å². The van der Waals surface area contributed by atoms with Gasteiger partial charge in [-0.15, -0.1) is 0 Å². The average molecular weight is 311 g/mol. The molecule has 1 amide bonds. The van der Waals surface area contributed by atoms with Crippen LogP contribution in [-0.2, 0) is 14.8 Å². The molecule has 2 unspecified atom stereocenters. The second kappa shape index (κ2) is 6.13. The minimum atomic E-state index is -3.67. The molecule has 0 saturated heterocycles. The molecule has 0 heterocycles. The van der Waals surface area contributed by atoms with Gasteiger partial charge in [0.25, 0.3) is 0 Å². The minimum absolute atomic E-state index is 0.00879. The first-order valence-electron chi connectivity index (χ1n) is 6.96. The third kappa shape index (κ3) is 4.52. The summed E-state index contributed by atoms with van der Waals surface area (Å²) in [6.45, 7) is 3.74. The summed E-state index contributed by atoms with van der Waals surface area (Å²) in [5.74, 6) is -0.00879. The molecule has 0 aliphatic heterocycles. The molecule has 7 heteroatoms. The standard InChI is InChI=1S/C14H21N3O3S/c1-9(16-10(2)14(18)17-12-5-6-12)11-3-7-13(8-4-11)21(15,19)20/h3-4,7-10,12,16H,5-6H2,1-2H3,(H,17,18)(H2,15,19,20). The normalized spacial score (nSPS) is 18.0. The smallest absolute Gasteiger partial charge is 0.238 e. The van der Waals surface area contributed by atoms with Crippen molar-refractivity contribution in [3.05, 3.63) is 29.8 Å². The highest BCUT2D eigenvalue weighted by Gasteiger charge is 2.26. The Labute approximate surface area is 125 Å². The molecule has 1 aliphatic carbocycles. The number of nitrogens with two attached hydrogens (primary N) is 1. The summed E-state index contributed by atoms with van der Waals surface area (Å²) in [6.07, 6.45) is 2.12. The van der Waals surface area contributed by atoms with Crippen molar-refractivity contribution in [2.24, 2.45) is 5.14 Å². The van der Waals surface area contributed by atoms with Crippen LogP contribution in [0.15, 0.2) is 29.2 Å². The summed E-state index contributed by atoms with van der Waals surface area (Å²) >= 11 is 0. The zero-order valence-corrected chi connectivity index (χ0v) is 13.0. The van der Waals surface area contributed by atoms with Crippen LogP contribution in [0.5, 0.6) is 0 Å². The number of primary sulfonamides is 1. The molecule has 0 radical (unpaired) electrons. The van der Waals surface area contributed by atoms with Gasteiger partial charge in [-0.05, 0) is 44.4 Å². The molecule has 1 aromatic rings. The average Bonchev–Trinajstić information content (AvgIpc) is 3.21. The lowest BCUT2D eigenvalue weighted by Gasteiger charge is -2.20. The molecule has 6 nitrogen and oxygen atoms in total. The number of rotatable bonds is 6. The van der Waals surface area contributed by atoms with Crippen molar-refractivity contribution in [3.8, 4) is 0 Å². The summed E-state index contributed by atoms with van der Waals surface area (Å²) in [4.78, 5) is 12.0.